The third-order valence-corrected chi connectivity index (χ3v) is 6.07. The summed E-state index contributed by atoms with van der Waals surface area (Å²) in [5, 5.41) is 0. The van der Waals surface area contributed by atoms with Crippen LogP contribution in [0.5, 0.6) is 0 Å². The van der Waals surface area contributed by atoms with E-state index in [1.54, 1.807) is 0 Å². The number of hydrogen-bond donors (Lipinski definition) is 1. The predicted molar refractivity (Wildman–Crippen MR) is 79.2 cm³/mol. The first kappa shape index (κ1) is 12.8. The van der Waals surface area contributed by atoms with E-state index < -0.39 is 0 Å². The van der Waals surface area contributed by atoms with Crippen molar-refractivity contribution >= 4 is 0 Å². The molecule has 0 radical (unpaired) electrons. The molecule has 1 aromatic rings. The van der Waals surface area contributed by atoms with E-state index in [4.69, 9.17) is 5.73 Å². The van der Waals surface area contributed by atoms with Gasteiger partial charge in [-0.3, -0.25) is 0 Å². The smallest absolute Gasteiger partial charge is 0.142 e. The molecule has 108 valence electrons. The summed E-state index contributed by atoms with van der Waals surface area (Å²) in [6, 6.07) is 0. The lowest BCUT2D eigenvalue weighted by molar-refractivity contribution is -0.00614. The Morgan fingerprint density at radius 2 is 1.40 bits per heavy atom. The molecule has 4 aliphatic rings. The van der Waals surface area contributed by atoms with Gasteiger partial charge in [-0.1, -0.05) is 0 Å². The van der Waals surface area contributed by atoms with E-state index in [1.165, 1.54) is 55.5 Å². The fraction of sp³-hybridized carbons (Fsp3) is 0.765. The lowest BCUT2D eigenvalue weighted by Crippen LogP contribution is -2.49. The van der Waals surface area contributed by atoms with Crippen LogP contribution in [0, 0.1) is 31.6 Å². The van der Waals surface area contributed by atoms with Gasteiger partial charge in [-0.2, -0.15) is 0 Å². The quantitative estimate of drug-likeness (QED) is 0.899. The second kappa shape index (κ2) is 4.27. The Hall–Kier alpha value is -0.960. The normalized spacial score (nSPS) is 38.5. The molecular weight excluding hydrogens is 246 g/mol. The van der Waals surface area contributed by atoms with Gasteiger partial charge in [0.2, 0.25) is 0 Å². The van der Waals surface area contributed by atoms with Crippen LogP contribution in [-0.4, -0.2) is 9.97 Å². The first-order valence-corrected chi connectivity index (χ1v) is 8.14. The lowest BCUT2D eigenvalue weighted by atomic mass is 9.47. The molecule has 0 unspecified atom stereocenters. The van der Waals surface area contributed by atoms with Crippen molar-refractivity contribution in [2.75, 3.05) is 0 Å². The minimum Gasteiger partial charge on any atom is -0.324 e. The summed E-state index contributed by atoms with van der Waals surface area (Å²) >= 11 is 0. The van der Waals surface area contributed by atoms with Crippen LogP contribution >= 0.6 is 0 Å². The summed E-state index contributed by atoms with van der Waals surface area (Å²) in [7, 11) is 0. The fourth-order valence-corrected chi connectivity index (χ4v) is 6.06. The monoisotopic (exact) mass is 271 g/mol. The molecule has 0 saturated heterocycles. The molecule has 5 rings (SSSR count). The predicted octanol–water partition coefficient (Wildman–Crippen LogP) is 3.02. The van der Waals surface area contributed by atoms with Gasteiger partial charge in [0, 0.05) is 17.0 Å². The van der Waals surface area contributed by atoms with Crippen molar-refractivity contribution < 1.29 is 0 Å². The highest BCUT2D eigenvalue weighted by molar-refractivity contribution is 5.36. The van der Waals surface area contributed by atoms with E-state index in [1.807, 2.05) is 0 Å². The molecule has 0 spiro atoms. The summed E-state index contributed by atoms with van der Waals surface area (Å²) in [6.45, 7) is 4.78. The second-order valence-corrected chi connectivity index (χ2v) is 7.59. The number of nitrogens with two attached hydrogens (primary N) is 1. The van der Waals surface area contributed by atoms with Crippen LogP contribution in [0.4, 0.5) is 0 Å². The van der Waals surface area contributed by atoms with Gasteiger partial charge < -0.3 is 5.73 Å². The van der Waals surface area contributed by atoms with Gasteiger partial charge in [-0.15, -0.1) is 0 Å². The maximum atomic E-state index is 5.72. The summed E-state index contributed by atoms with van der Waals surface area (Å²) in [4.78, 5) is 9.35. The Morgan fingerprint density at radius 3 is 1.80 bits per heavy atom. The maximum absolute atomic E-state index is 5.72. The highest BCUT2D eigenvalue weighted by atomic mass is 14.9. The van der Waals surface area contributed by atoms with Crippen LogP contribution in [0.3, 0.4) is 0 Å². The van der Waals surface area contributed by atoms with Crippen LogP contribution < -0.4 is 5.73 Å². The number of rotatable bonds is 2. The molecule has 20 heavy (non-hydrogen) atoms. The van der Waals surface area contributed by atoms with E-state index in [0.717, 1.165) is 23.6 Å². The van der Waals surface area contributed by atoms with Gasteiger partial charge in [0.25, 0.3) is 0 Å². The van der Waals surface area contributed by atoms with Crippen molar-refractivity contribution in [1.29, 1.82) is 0 Å². The van der Waals surface area contributed by atoms with Crippen molar-refractivity contribution in [2.45, 2.75) is 64.3 Å². The van der Waals surface area contributed by atoms with E-state index in [2.05, 4.69) is 23.8 Å². The average Bonchev–Trinajstić information content (AvgIpc) is 2.35. The molecule has 4 aliphatic carbocycles. The Bertz CT molecular complexity index is 491. The lowest BCUT2D eigenvalue weighted by Gasteiger charge is -2.57. The molecule has 3 heteroatoms. The molecule has 0 aromatic carbocycles. The second-order valence-electron chi connectivity index (χ2n) is 7.59. The average molecular weight is 271 g/mol. The van der Waals surface area contributed by atoms with E-state index in [9.17, 15) is 0 Å². The SMILES string of the molecule is Cc1nc(CN)nc(C)c1C12CC3CC(CC(C3)C1)C2. The van der Waals surface area contributed by atoms with Gasteiger partial charge in [-0.05, 0) is 75.5 Å². The number of aromatic nitrogens is 2. The topological polar surface area (TPSA) is 51.8 Å². The third kappa shape index (κ3) is 1.75. The van der Waals surface area contributed by atoms with Crippen molar-refractivity contribution in [2.24, 2.45) is 23.5 Å². The van der Waals surface area contributed by atoms with Gasteiger partial charge in [-0.25, -0.2) is 9.97 Å². The molecule has 4 saturated carbocycles. The number of hydrogen-bond acceptors (Lipinski definition) is 3. The van der Waals surface area contributed by atoms with Crippen molar-refractivity contribution in [3.63, 3.8) is 0 Å². The van der Waals surface area contributed by atoms with Gasteiger partial charge in [0.15, 0.2) is 0 Å². The third-order valence-electron chi connectivity index (χ3n) is 6.07. The van der Waals surface area contributed by atoms with Gasteiger partial charge in [0.05, 0.1) is 6.54 Å². The molecule has 4 bridgehead atoms. The molecule has 0 aliphatic heterocycles. The van der Waals surface area contributed by atoms with Crippen LogP contribution in [0.15, 0.2) is 0 Å². The summed E-state index contributed by atoms with van der Waals surface area (Å²) in [6.07, 6.45) is 8.60. The Balaban J connectivity index is 1.81. The summed E-state index contributed by atoms with van der Waals surface area (Å²) < 4.78 is 0. The molecule has 0 amide bonds. The molecule has 2 N–H and O–H groups in total. The standard InChI is InChI=1S/C17H25N3/c1-10-16(11(2)20-15(9-18)19-10)17-6-12-3-13(7-17)5-14(4-12)8-17/h12-14H,3-9,18H2,1-2H3. The van der Waals surface area contributed by atoms with Crippen LogP contribution in [0.25, 0.3) is 0 Å². The largest absolute Gasteiger partial charge is 0.324 e. The van der Waals surface area contributed by atoms with Crippen molar-refractivity contribution in [1.82, 2.24) is 9.97 Å². The number of aryl methyl sites for hydroxylation is 2. The summed E-state index contributed by atoms with van der Waals surface area (Å²) in [5.41, 5.74) is 9.99. The highest BCUT2D eigenvalue weighted by Gasteiger charge is 2.52. The Labute approximate surface area is 121 Å². The zero-order valence-electron chi connectivity index (χ0n) is 12.7. The zero-order valence-corrected chi connectivity index (χ0v) is 12.7. The molecule has 4 fully saturated rings. The van der Waals surface area contributed by atoms with Crippen LogP contribution in [0.2, 0.25) is 0 Å². The zero-order chi connectivity index (χ0) is 13.9. The molecule has 1 aromatic heterocycles. The molecule has 0 atom stereocenters. The van der Waals surface area contributed by atoms with Crippen LogP contribution in [-0.2, 0) is 12.0 Å². The van der Waals surface area contributed by atoms with Gasteiger partial charge >= 0.3 is 0 Å². The first-order valence-electron chi connectivity index (χ1n) is 8.14. The molecular formula is C17H25N3. The maximum Gasteiger partial charge on any atom is 0.142 e. The Morgan fingerprint density at radius 1 is 0.950 bits per heavy atom. The summed E-state index contributed by atoms with van der Waals surface area (Å²) in [5.74, 6) is 3.70. The van der Waals surface area contributed by atoms with E-state index >= 15 is 0 Å². The molecule has 3 nitrogen and oxygen atoms in total. The highest BCUT2D eigenvalue weighted by Crippen LogP contribution is 2.61. The van der Waals surface area contributed by atoms with Crippen molar-refractivity contribution in [3.05, 3.63) is 22.8 Å². The van der Waals surface area contributed by atoms with Crippen molar-refractivity contribution in [3.8, 4) is 0 Å². The number of nitrogens with zero attached hydrogens (tertiary/aromatic N) is 2. The van der Waals surface area contributed by atoms with Gasteiger partial charge in [0.1, 0.15) is 5.82 Å². The van der Waals surface area contributed by atoms with Crippen LogP contribution in [0.1, 0.15) is 61.3 Å². The first-order chi connectivity index (χ1) is 9.59. The minimum absolute atomic E-state index is 0.399. The fourth-order valence-electron chi connectivity index (χ4n) is 6.06. The minimum atomic E-state index is 0.399. The Kier molecular flexibility index (Phi) is 2.72. The molecule has 1 heterocycles. The van der Waals surface area contributed by atoms with E-state index in [-0.39, 0.29) is 0 Å². The van der Waals surface area contributed by atoms with E-state index in [0.29, 0.717) is 12.0 Å².